The van der Waals surface area contributed by atoms with E-state index in [1.807, 2.05) is 35.0 Å². The first-order valence-corrected chi connectivity index (χ1v) is 7.58. The summed E-state index contributed by atoms with van der Waals surface area (Å²) in [6, 6.07) is 17.9. The zero-order valence-electron chi connectivity index (χ0n) is 13.5. The standard InChI is InChI=1S/C19H20N2O2/c1-13-4-6-15(7-5-13)19-12-18(14(2)22)20-21(19)16-8-10-17(23-3)11-9-16/h4-12,14,22H,1-3H3. The Morgan fingerprint density at radius 3 is 2.26 bits per heavy atom. The Morgan fingerprint density at radius 1 is 1.04 bits per heavy atom. The third-order valence-corrected chi connectivity index (χ3v) is 3.82. The highest BCUT2D eigenvalue weighted by Crippen LogP contribution is 2.27. The molecule has 4 nitrogen and oxygen atoms in total. The summed E-state index contributed by atoms with van der Waals surface area (Å²) in [5.74, 6) is 0.800. The molecule has 3 aromatic rings. The summed E-state index contributed by atoms with van der Waals surface area (Å²) in [7, 11) is 1.65. The van der Waals surface area contributed by atoms with Crippen molar-refractivity contribution < 1.29 is 9.84 Å². The number of hydrogen-bond donors (Lipinski definition) is 1. The number of nitrogens with zero attached hydrogens (tertiary/aromatic N) is 2. The smallest absolute Gasteiger partial charge is 0.119 e. The van der Waals surface area contributed by atoms with Crippen LogP contribution in [0.25, 0.3) is 16.9 Å². The van der Waals surface area contributed by atoms with Crippen LogP contribution >= 0.6 is 0 Å². The maximum absolute atomic E-state index is 9.89. The number of aryl methyl sites for hydroxylation is 1. The molecule has 0 aliphatic carbocycles. The highest BCUT2D eigenvalue weighted by atomic mass is 16.5. The Bertz CT molecular complexity index is 787. The van der Waals surface area contributed by atoms with Crippen molar-refractivity contribution in [3.05, 3.63) is 65.9 Å². The summed E-state index contributed by atoms with van der Waals surface area (Å²) in [6.07, 6.45) is -0.612. The lowest BCUT2D eigenvalue weighted by molar-refractivity contribution is 0.193. The van der Waals surface area contributed by atoms with Crippen LogP contribution < -0.4 is 4.74 Å². The van der Waals surface area contributed by atoms with Gasteiger partial charge in [0.25, 0.3) is 0 Å². The van der Waals surface area contributed by atoms with Crippen LogP contribution in [0.1, 0.15) is 24.3 Å². The van der Waals surface area contributed by atoms with Gasteiger partial charge < -0.3 is 9.84 Å². The molecule has 0 aliphatic heterocycles. The van der Waals surface area contributed by atoms with Gasteiger partial charge in [-0.05, 0) is 44.2 Å². The number of aromatic nitrogens is 2. The Morgan fingerprint density at radius 2 is 1.70 bits per heavy atom. The Hall–Kier alpha value is -2.59. The third kappa shape index (κ3) is 3.12. The quantitative estimate of drug-likeness (QED) is 0.795. The van der Waals surface area contributed by atoms with E-state index < -0.39 is 6.10 Å². The first-order valence-electron chi connectivity index (χ1n) is 7.58. The molecule has 0 aliphatic rings. The van der Waals surface area contributed by atoms with Crippen LogP contribution in [0.4, 0.5) is 0 Å². The molecule has 0 saturated heterocycles. The van der Waals surface area contributed by atoms with Gasteiger partial charge in [-0.15, -0.1) is 0 Å². The van der Waals surface area contributed by atoms with Crippen LogP contribution in [-0.2, 0) is 0 Å². The maximum atomic E-state index is 9.89. The SMILES string of the molecule is COc1ccc(-n2nc(C(C)O)cc2-c2ccc(C)cc2)cc1. The molecule has 1 aromatic heterocycles. The summed E-state index contributed by atoms with van der Waals surface area (Å²) in [5, 5.41) is 14.4. The van der Waals surface area contributed by atoms with Crippen LogP contribution in [0.2, 0.25) is 0 Å². The zero-order chi connectivity index (χ0) is 16.4. The van der Waals surface area contributed by atoms with Crippen LogP contribution in [0.3, 0.4) is 0 Å². The number of rotatable bonds is 4. The van der Waals surface area contributed by atoms with Gasteiger partial charge in [0.2, 0.25) is 0 Å². The molecule has 23 heavy (non-hydrogen) atoms. The topological polar surface area (TPSA) is 47.3 Å². The molecule has 4 heteroatoms. The van der Waals surface area contributed by atoms with E-state index in [1.54, 1.807) is 14.0 Å². The number of ether oxygens (including phenoxy) is 1. The summed E-state index contributed by atoms with van der Waals surface area (Å²) < 4.78 is 7.06. The second kappa shape index (κ2) is 6.26. The number of benzene rings is 2. The molecular weight excluding hydrogens is 288 g/mol. The molecule has 0 bridgehead atoms. The highest BCUT2D eigenvalue weighted by Gasteiger charge is 2.14. The van der Waals surface area contributed by atoms with Crippen molar-refractivity contribution in [2.75, 3.05) is 7.11 Å². The Labute approximate surface area is 136 Å². The van der Waals surface area contributed by atoms with Crippen molar-refractivity contribution in [2.24, 2.45) is 0 Å². The van der Waals surface area contributed by atoms with Crippen LogP contribution in [0, 0.1) is 6.92 Å². The van der Waals surface area contributed by atoms with Crippen LogP contribution in [0.5, 0.6) is 5.75 Å². The first kappa shape index (κ1) is 15.3. The predicted octanol–water partition coefficient (Wildman–Crippen LogP) is 3.91. The molecule has 1 atom stereocenters. The molecule has 3 rings (SSSR count). The third-order valence-electron chi connectivity index (χ3n) is 3.82. The van der Waals surface area contributed by atoms with E-state index >= 15 is 0 Å². The van der Waals surface area contributed by atoms with Crippen LogP contribution in [-0.4, -0.2) is 22.0 Å². The number of hydrogen-bond acceptors (Lipinski definition) is 3. The molecule has 0 fully saturated rings. The minimum Gasteiger partial charge on any atom is -0.497 e. The fourth-order valence-electron chi connectivity index (χ4n) is 2.45. The van der Waals surface area contributed by atoms with Crippen molar-refractivity contribution in [3.8, 4) is 22.7 Å². The van der Waals surface area contributed by atoms with E-state index in [-0.39, 0.29) is 0 Å². The summed E-state index contributed by atoms with van der Waals surface area (Å²) in [5.41, 5.74) is 4.79. The second-order valence-corrected chi connectivity index (χ2v) is 5.61. The monoisotopic (exact) mass is 308 g/mol. The van der Waals surface area contributed by atoms with Gasteiger partial charge in [0.1, 0.15) is 5.75 Å². The van der Waals surface area contributed by atoms with Crippen molar-refractivity contribution in [1.29, 1.82) is 0 Å². The molecule has 0 spiro atoms. The fraction of sp³-hybridized carbons (Fsp3) is 0.211. The molecule has 1 N–H and O–H groups in total. The molecule has 1 heterocycles. The number of aliphatic hydroxyl groups is 1. The minimum absolute atomic E-state index is 0.612. The van der Waals surface area contributed by atoms with Gasteiger partial charge in [-0.3, -0.25) is 0 Å². The van der Waals surface area contributed by atoms with Crippen molar-refractivity contribution in [2.45, 2.75) is 20.0 Å². The molecule has 0 radical (unpaired) electrons. The largest absolute Gasteiger partial charge is 0.497 e. The summed E-state index contributed by atoms with van der Waals surface area (Å²) >= 11 is 0. The normalized spacial score (nSPS) is 12.2. The lowest BCUT2D eigenvalue weighted by Gasteiger charge is -2.09. The number of aliphatic hydroxyl groups excluding tert-OH is 1. The van der Waals surface area contributed by atoms with E-state index in [2.05, 4.69) is 36.3 Å². The van der Waals surface area contributed by atoms with E-state index in [9.17, 15) is 5.11 Å². The molecule has 1 unspecified atom stereocenters. The lowest BCUT2D eigenvalue weighted by Crippen LogP contribution is -2.01. The summed E-state index contributed by atoms with van der Waals surface area (Å²) in [6.45, 7) is 3.78. The molecule has 2 aromatic carbocycles. The Balaban J connectivity index is 2.12. The van der Waals surface area contributed by atoms with Gasteiger partial charge in [-0.2, -0.15) is 5.10 Å². The van der Waals surface area contributed by atoms with E-state index in [0.29, 0.717) is 5.69 Å². The number of methoxy groups -OCH3 is 1. The average molecular weight is 308 g/mol. The van der Waals surface area contributed by atoms with Crippen molar-refractivity contribution in [1.82, 2.24) is 9.78 Å². The van der Waals surface area contributed by atoms with E-state index in [4.69, 9.17) is 4.74 Å². The van der Waals surface area contributed by atoms with Gasteiger partial charge in [0.05, 0.1) is 30.3 Å². The molecular formula is C19H20N2O2. The molecule has 0 saturated carbocycles. The molecule has 0 amide bonds. The van der Waals surface area contributed by atoms with Gasteiger partial charge in [0, 0.05) is 5.56 Å². The highest BCUT2D eigenvalue weighted by molar-refractivity contribution is 5.63. The van der Waals surface area contributed by atoms with Crippen LogP contribution in [0.15, 0.2) is 54.6 Å². The van der Waals surface area contributed by atoms with Gasteiger partial charge in [-0.1, -0.05) is 29.8 Å². The van der Waals surface area contributed by atoms with E-state index in [0.717, 1.165) is 22.7 Å². The minimum atomic E-state index is -0.612. The van der Waals surface area contributed by atoms with Gasteiger partial charge in [-0.25, -0.2) is 4.68 Å². The van der Waals surface area contributed by atoms with Gasteiger partial charge in [0.15, 0.2) is 0 Å². The Kier molecular flexibility index (Phi) is 4.17. The zero-order valence-corrected chi connectivity index (χ0v) is 13.5. The second-order valence-electron chi connectivity index (χ2n) is 5.61. The van der Waals surface area contributed by atoms with Crippen molar-refractivity contribution in [3.63, 3.8) is 0 Å². The molecule has 118 valence electrons. The van der Waals surface area contributed by atoms with E-state index in [1.165, 1.54) is 5.56 Å². The predicted molar refractivity (Wildman–Crippen MR) is 90.9 cm³/mol. The lowest BCUT2D eigenvalue weighted by atomic mass is 10.1. The fourth-order valence-corrected chi connectivity index (χ4v) is 2.45. The maximum Gasteiger partial charge on any atom is 0.119 e. The first-order chi connectivity index (χ1) is 11.1. The van der Waals surface area contributed by atoms with Crippen molar-refractivity contribution >= 4 is 0 Å². The van der Waals surface area contributed by atoms with Gasteiger partial charge >= 0.3 is 0 Å². The summed E-state index contributed by atoms with van der Waals surface area (Å²) in [4.78, 5) is 0. The average Bonchev–Trinajstić information content (AvgIpc) is 3.01.